The highest BCUT2D eigenvalue weighted by molar-refractivity contribution is 6.30. The first kappa shape index (κ1) is 10.7. The first-order chi connectivity index (χ1) is 7.20. The van der Waals surface area contributed by atoms with Crippen LogP contribution < -0.4 is 5.32 Å². The fourth-order valence-electron chi connectivity index (χ4n) is 1.58. The van der Waals surface area contributed by atoms with Gasteiger partial charge < -0.3 is 5.32 Å². The number of anilines is 1. The van der Waals surface area contributed by atoms with Crippen molar-refractivity contribution in [2.24, 2.45) is 0 Å². The molecule has 0 atom stereocenters. The van der Waals surface area contributed by atoms with Crippen LogP contribution in [0, 0.1) is 6.92 Å². The van der Waals surface area contributed by atoms with Crippen molar-refractivity contribution in [2.75, 3.05) is 5.32 Å². The Balaban J connectivity index is 2.23. The molecule has 1 aromatic rings. The van der Waals surface area contributed by atoms with Gasteiger partial charge in [-0.2, -0.15) is 0 Å². The van der Waals surface area contributed by atoms with Gasteiger partial charge in [-0.15, -0.1) is 0 Å². The Bertz CT molecular complexity index is 361. The topological polar surface area (TPSA) is 37.8 Å². The smallest absolute Gasteiger partial charge is 0.137 e. The maximum absolute atomic E-state index is 6.05. The average molecular weight is 226 g/mol. The molecule has 1 aliphatic carbocycles. The van der Waals surface area contributed by atoms with Crippen LogP contribution in [-0.2, 0) is 6.42 Å². The molecule has 1 fully saturated rings. The first-order valence-electron chi connectivity index (χ1n) is 5.50. The molecule has 3 nitrogen and oxygen atoms in total. The van der Waals surface area contributed by atoms with Crippen LogP contribution in [0.5, 0.6) is 0 Å². The van der Waals surface area contributed by atoms with Gasteiger partial charge in [-0.05, 0) is 26.2 Å². The molecule has 0 amide bonds. The third-order valence-electron chi connectivity index (χ3n) is 2.89. The molecule has 0 saturated heterocycles. The quantitative estimate of drug-likeness (QED) is 0.804. The monoisotopic (exact) mass is 225 g/mol. The molecule has 2 rings (SSSR count). The molecule has 1 heterocycles. The van der Waals surface area contributed by atoms with Crippen molar-refractivity contribution in [2.45, 2.75) is 45.6 Å². The number of hydrogen-bond acceptors (Lipinski definition) is 3. The van der Waals surface area contributed by atoms with Gasteiger partial charge >= 0.3 is 0 Å². The van der Waals surface area contributed by atoms with E-state index in [-0.39, 0.29) is 0 Å². The van der Waals surface area contributed by atoms with Crippen molar-refractivity contribution in [1.29, 1.82) is 0 Å². The number of hydrogen-bond donors (Lipinski definition) is 1. The molecule has 0 aromatic carbocycles. The summed E-state index contributed by atoms with van der Waals surface area (Å²) in [5.74, 6) is 1.73. The minimum atomic E-state index is 0.573. The Hall–Kier alpha value is -0.830. The van der Waals surface area contributed by atoms with E-state index in [1.165, 1.54) is 19.3 Å². The fraction of sp³-hybridized carbons (Fsp3) is 0.636. The van der Waals surface area contributed by atoms with Gasteiger partial charge in [-0.25, -0.2) is 9.97 Å². The predicted molar refractivity (Wildman–Crippen MR) is 62.4 cm³/mol. The maximum Gasteiger partial charge on any atom is 0.137 e. The number of aryl methyl sites for hydroxylation is 1. The second kappa shape index (κ2) is 4.35. The standard InChI is InChI=1S/C11H16ClN3/c1-3-9-14-10(12)7(2)11(15-9)13-8-5-4-6-8/h8H,3-6H2,1-2H3,(H,13,14,15). The molecule has 82 valence electrons. The lowest BCUT2D eigenvalue weighted by Gasteiger charge is -2.27. The van der Waals surface area contributed by atoms with E-state index < -0.39 is 0 Å². The minimum absolute atomic E-state index is 0.573. The third kappa shape index (κ3) is 2.23. The molecule has 0 aliphatic heterocycles. The Kier molecular flexibility index (Phi) is 3.10. The van der Waals surface area contributed by atoms with Crippen LogP contribution in [0.15, 0.2) is 0 Å². The summed E-state index contributed by atoms with van der Waals surface area (Å²) in [6, 6.07) is 0.583. The summed E-state index contributed by atoms with van der Waals surface area (Å²) in [5.41, 5.74) is 0.959. The molecule has 1 N–H and O–H groups in total. The van der Waals surface area contributed by atoms with Crippen LogP contribution in [0.2, 0.25) is 5.15 Å². The van der Waals surface area contributed by atoms with Gasteiger partial charge in [0.25, 0.3) is 0 Å². The highest BCUT2D eigenvalue weighted by Crippen LogP contribution is 2.26. The summed E-state index contributed by atoms with van der Waals surface area (Å²) >= 11 is 6.05. The molecule has 0 bridgehead atoms. The zero-order valence-electron chi connectivity index (χ0n) is 9.18. The van der Waals surface area contributed by atoms with Gasteiger partial charge in [0.1, 0.15) is 16.8 Å². The Morgan fingerprint density at radius 1 is 1.40 bits per heavy atom. The highest BCUT2D eigenvalue weighted by Gasteiger charge is 2.19. The van der Waals surface area contributed by atoms with Crippen LogP contribution in [0.3, 0.4) is 0 Å². The SMILES string of the molecule is CCc1nc(Cl)c(C)c(NC2CCC2)n1. The van der Waals surface area contributed by atoms with Crippen LogP contribution in [0.1, 0.15) is 37.6 Å². The van der Waals surface area contributed by atoms with Gasteiger partial charge in [0.05, 0.1) is 0 Å². The predicted octanol–water partition coefficient (Wildman–Crippen LogP) is 2.97. The number of aromatic nitrogens is 2. The van der Waals surface area contributed by atoms with Crippen molar-refractivity contribution in [3.8, 4) is 0 Å². The largest absolute Gasteiger partial charge is 0.367 e. The molecule has 1 saturated carbocycles. The molecule has 0 radical (unpaired) electrons. The van der Waals surface area contributed by atoms with Gasteiger partial charge in [0, 0.05) is 18.0 Å². The minimum Gasteiger partial charge on any atom is -0.367 e. The summed E-state index contributed by atoms with van der Waals surface area (Å²) in [4.78, 5) is 8.68. The van der Waals surface area contributed by atoms with Crippen molar-refractivity contribution < 1.29 is 0 Å². The summed E-state index contributed by atoms with van der Waals surface area (Å²) in [5, 5.41) is 4.00. The molecule has 15 heavy (non-hydrogen) atoms. The lowest BCUT2D eigenvalue weighted by Crippen LogP contribution is -2.28. The van der Waals surface area contributed by atoms with Gasteiger partial charge in [-0.1, -0.05) is 18.5 Å². The molecular formula is C11H16ClN3. The van der Waals surface area contributed by atoms with E-state index in [2.05, 4.69) is 15.3 Å². The van der Waals surface area contributed by atoms with Crippen LogP contribution >= 0.6 is 11.6 Å². The van der Waals surface area contributed by atoms with Crippen molar-refractivity contribution >= 4 is 17.4 Å². The lowest BCUT2D eigenvalue weighted by molar-refractivity contribution is 0.444. The van der Waals surface area contributed by atoms with Crippen molar-refractivity contribution in [3.63, 3.8) is 0 Å². The highest BCUT2D eigenvalue weighted by atomic mass is 35.5. The zero-order chi connectivity index (χ0) is 10.8. The van der Waals surface area contributed by atoms with Gasteiger partial charge in [0.2, 0.25) is 0 Å². The van der Waals surface area contributed by atoms with Crippen LogP contribution in [0.25, 0.3) is 0 Å². The normalized spacial score (nSPS) is 16.2. The Labute approximate surface area is 95.3 Å². The molecule has 1 aliphatic rings. The molecule has 0 unspecified atom stereocenters. The summed E-state index contributed by atoms with van der Waals surface area (Å²) in [7, 11) is 0. The molecule has 1 aromatic heterocycles. The second-order valence-corrected chi connectivity index (χ2v) is 4.39. The van der Waals surface area contributed by atoms with E-state index in [1.807, 2.05) is 13.8 Å². The molecular weight excluding hydrogens is 210 g/mol. The number of nitrogens with zero attached hydrogens (tertiary/aromatic N) is 2. The van der Waals surface area contributed by atoms with E-state index >= 15 is 0 Å². The third-order valence-corrected chi connectivity index (χ3v) is 3.26. The van der Waals surface area contributed by atoms with E-state index in [1.54, 1.807) is 0 Å². The number of rotatable bonds is 3. The molecule has 0 spiro atoms. The fourth-order valence-corrected chi connectivity index (χ4v) is 1.76. The number of nitrogens with one attached hydrogen (secondary N) is 1. The van der Waals surface area contributed by atoms with Crippen molar-refractivity contribution in [3.05, 3.63) is 16.5 Å². The van der Waals surface area contributed by atoms with Gasteiger partial charge in [0.15, 0.2) is 0 Å². The Morgan fingerprint density at radius 3 is 2.67 bits per heavy atom. The van der Waals surface area contributed by atoms with Gasteiger partial charge in [-0.3, -0.25) is 0 Å². The van der Waals surface area contributed by atoms with E-state index in [0.717, 1.165) is 23.6 Å². The van der Waals surface area contributed by atoms with Crippen LogP contribution in [-0.4, -0.2) is 16.0 Å². The zero-order valence-corrected chi connectivity index (χ0v) is 9.93. The van der Waals surface area contributed by atoms with E-state index in [9.17, 15) is 0 Å². The van der Waals surface area contributed by atoms with Crippen LogP contribution in [0.4, 0.5) is 5.82 Å². The van der Waals surface area contributed by atoms with Crippen molar-refractivity contribution in [1.82, 2.24) is 9.97 Å². The molecule has 4 heteroatoms. The average Bonchev–Trinajstić information content (AvgIpc) is 2.17. The Morgan fingerprint density at radius 2 is 2.13 bits per heavy atom. The second-order valence-electron chi connectivity index (χ2n) is 4.03. The maximum atomic E-state index is 6.05. The summed E-state index contributed by atoms with van der Waals surface area (Å²) in [6.07, 6.45) is 4.61. The summed E-state index contributed by atoms with van der Waals surface area (Å²) in [6.45, 7) is 4.00. The van der Waals surface area contributed by atoms with E-state index in [0.29, 0.717) is 11.2 Å². The number of halogens is 1. The van der Waals surface area contributed by atoms with E-state index in [4.69, 9.17) is 11.6 Å². The first-order valence-corrected chi connectivity index (χ1v) is 5.88. The lowest BCUT2D eigenvalue weighted by atomic mass is 9.93. The summed E-state index contributed by atoms with van der Waals surface area (Å²) < 4.78 is 0.